The quantitative estimate of drug-likeness (QED) is 0.406. The molecule has 0 unspecified atom stereocenters. The van der Waals surface area contributed by atoms with E-state index in [0.29, 0.717) is 10.9 Å². The molecule has 2 aromatic carbocycles. The lowest BCUT2D eigenvalue weighted by Gasteiger charge is -2.28. The minimum absolute atomic E-state index is 0.0277. The zero-order chi connectivity index (χ0) is 27.5. The van der Waals surface area contributed by atoms with Crippen molar-refractivity contribution in [2.24, 2.45) is 0 Å². The molecule has 37 heavy (non-hydrogen) atoms. The van der Waals surface area contributed by atoms with Gasteiger partial charge in [-0.05, 0) is 57.0 Å². The Morgan fingerprint density at radius 2 is 1.70 bits per heavy atom. The third-order valence-corrected chi connectivity index (χ3v) is 5.17. The van der Waals surface area contributed by atoms with Crippen molar-refractivity contribution in [3.05, 3.63) is 69.5 Å². The van der Waals surface area contributed by atoms with Gasteiger partial charge in [0.1, 0.15) is 17.1 Å². The molecule has 0 radical (unpaired) electrons. The number of carboxylic acid groups (broad SMARTS) is 1. The summed E-state index contributed by atoms with van der Waals surface area (Å²) < 4.78 is 48.6. The van der Waals surface area contributed by atoms with Crippen LogP contribution in [-0.2, 0) is 17.7 Å². The van der Waals surface area contributed by atoms with Crippen LogP contribution in [0, 0.1) is 0 Å². The molecule has 0 spiro atoms. The highest BCUT2D eigenvalue weighted by atomic mass is 19.4. The Kier molecular flexibility index (Phi) is 7.70. The molecule has 9 nitrogen and oxygen atoms in total. The van der Waals surface area contributed by atoms with Crippen LogP contribution in [-0.4, -0.2) is 50.7 Å². The number of aromatic amines is 1. The molecule has 0 atom stereocenters. The zero-order valence-electron chi connectivity index (χ0n) is 20.2. The van der Waals surface area contributed by atoms with Crippen LogP contribution < -0.4 is 10.3 Å². The van der Waals surface area contributed by atoms with Gasteiger partial charge in [0.25, 0.3) is 0 Å². The number of hydrogen-bond donors (Lipinski definition) is 3. The lowest BCUT2D eigenvalue weighted by molar-refractivity contribution is -0.275. The number of phenols is 1. The number of benzene rings is 2. The van der Waals surface area contributed by atoms with Crippen LogP contribution in [0.4, 0.5) is 18.0 Å². The van der Waals surface area contributed by atoms with E-state index in [0.717, 1.165) is 23.1 Å². The highest BCUT2D eigenvalue weighted by Crippen LogP contribution is 2.30. The van der Waals surface area contributed by atoms with Crippen LogP contribution >= 0.6 is 0 Å². The van der Waals surface area contributed by atoms with Gasteiger partial charge in [0.2, 0.25) is 5.56 Å². The summed E-state index contributed by atoms with van der Waals surface area (Å²) in [5.41, 5.74) is -0.982. The molecule has 3 rings (SSSR count). The first-order valence-corrected chi connectivity index (χ1v) is 11.1. The van der Waals surface area contributed by atoms with Crippen LogP contribution in [0.3, 0.4) is 0 Å². The van der Waals surface area contributed by atoms with E-state index in [-0.39, 0.29) is 36.3 Å². The number of hydrogen-bond acceptors (Lipinski definition) is 6. The SMILES string of the molecule is CC(C)(C)OC(=O)N(CCc1ccc(O)c2[nH]c(=O)ccc12)Cc1ccc(C(=O)O)cc1OC(F)(F)F. The minimum Gasteiger partial charge on any atom is -0.506 e. The Morgan fingerprint density at radius 1 is 1.03 bits per heavy atom. The number of carbonyl (C=O) groups excluding carboxylic acids is 1. The number of fused-ring (bicyclic) bond motifs is 1. The van der Waals surface area contributed by atoms with E-state index >= 15 is 0 Å². The summed E-state index contributed by atoms with van der Waals surface area (Å²) in [5, 5.41) is 19.8. The third kappa shape index (κ3) is 7.38. The van der Waals surface area contributed by atoms with Gasteiger partial charge in [-0.15, -0.1) is 13.2 Å². The average molecular weight is 522 g/mol. The Balaban J connectivity index is 1.96. The number of phenolic OH excluding ortho intramolecular Hbond substituents is 1. The van der Waals surface area contributed by atoms with Gasteiger partial charge in [-0.1, -0.05) is 12.1 Å². The number of amides is 1. The molecular formula is C25H25F3N2O7. The van der Waals surface area contributed by atoms with Crippen molar-refractivity contribution in [1.82, 2.24) is 9.88 Å². The summed E-state index contributed by atoms with van der Waals surface area (Å²) in [6, 6.07) is 8.76. The normalized spacial score (nSPS) is 11.8. The molecule has 0 bridgehead atoms. The van der Waals surface area contributed by atoms with Crippen molar-refractivity contribution < 1.29 is 42.4 Å². The molecule has 3 N–H and O–H groups in total. The highest BCUT2D eigenvalue weighted by Gasteiger charge is 2.33. The lowest BCUT2D eigenvalue weighted by Crippen LogP contribution is -2.38. The smallest absolute Gasteiger partial charge is 0.506 e. The molecule has 0 aliphatic rings. The van der Waals surface area contributed by atoms with Crippen molar-refractivity contribution in [3.8, 4) is 11.5 Å². The van der Waals surface area contributed by atoms with E-state index in [9.17, 15) is 32.7 Å². The zero-order valence-corrected chi connectivity index (χ0v) is 20.2. The van der Waals surface area contributed by atoms with E-state index in [4.69, 9.17) is 9.84 Å². The maximum Gasteiger partial charge on any atom is 0.573 e. The number of nitrogens with zero attached hydrogens (tertiary/aromatic N) is 1. The van der Waals surface area contributed by atoms with Gasteiger partial charge in [0, 0.05) is 23.6 Å². The molecule has 12 heteroatoms. The van der Waals surface area contributed by atoms with Gasteiger partial charge in [0.15, 0.2) is 0 Å². The molecule has 0 saturated heterocycles. The van der Waals surface area contributed by atoms with Gasteiger partial charge in [0.05, 0.1) is 17.6 Å². The number of H-pyrrole nitrogens is 1. The summed E-state index contributed by atoms with van der Waals surface area (Å²) in [5.74, 6) is -2.35. The second kappa shape index (κ2) is 10.4. The van der Waals surface area contributed by atoms with Crippen molar-refractivity contribution in [2.45, 2.75) is 45.7 Å². The minimum atomic E-state index is -5.09. The number of ether oxygens (including phenoxy) is 2. The number of pyridine rings is 1. The number of rotatable bonds is 7. The van der Waals surface area contributed by atoms with Crippen LogP contribution in [0.15, 0.2) is 47.3 Å². The van der Waals surface area contributed by atoms with Crippen LogP contribution in [0.1, 0.15) is 42.3 Å². The van der Waals surface area contributed by atoms with Gasteiger partial charge in [-0.3, -0.25) is 4.79 Å². The van der Waals surface area contributed by atoms with E-state index in [1.54, 1.807) is 26.8 Å². The van der Waals surface area contributed by atoms with Crippen molar-refractivity contribution in [1.29, 1.82) is 0 Å². The predicted octanol–water partition coefficient (Wildman–Crippen LogP) is 4.81. The number of halogens is 3. The maximum atomic E-state index is 13.0. The Labute approximate surface area is 209 Å². The fourth-order valence-corrected chi connectivity index (χ4v) is 3.58. The Hall–Kier alpha value is -4.22. The lowest BCUT2D eigenvalue weighted by atomic mass is 10.0. The monoisotopic (exact) mass is 522 g/mol. The number of aromatic carboxylic acids is 1. The van der Waals surface area contributed by atoms with Gasteiger partial charge in [-0.25, -0.2) is 9.59 Å². The molecular weight excluding hydrogens is 497 g/mol. The second-order valence-electron chi connectivity index (χ2n) is 9.18. The van der Waals surface area contributed by atoms with E-state index < -0.39 is 40.9 Å². The fourth-order valence-electron chi connectivity index (χ4n) is 3.58. The topological polar surface area (TPSA) is 129 Å². The Bertz CT molecular complexity index is 1380. The first kappa shape index (κ1) is 27.4. The predicted molar refractivity (Wildman–Crippen MR) is 127 cm³/mol. The molecule has 1 amide bonds. The first-order valence-electron chi connectivity index (χ1n) is 11.1. The number of carbonyl (C=O) groups is 2. The Morgan fingerprint density at radius 3 is 2.32 bits per heavy atom. The number of nitrogens with one attached hydrogen (secondary N) is 1. The number of aromatic hydroxyl groups is 1. The summed E-state index contributed by atoms with van der Waals surface area (Å²) in [7, 11) is 0. The summed E-state index contributed by atoms with van der Waals surface area (Å²) in [4.78, 5) is 39.6. The molecule has 198 valence electrons. The van der Waals surface area contributed by atoms with Crippen LogP contribution in [0.25, 0.3) is 10.9 Å². The van der Waals surface area contributed by atoms with Crippen molar-refractivity contribution >= 4 is 23.0 Å². The third-order valence-electron chi connectivity index (χ3n) is 5.17. The fraction of sp³-hybridized carbons (Fsp3) is 0.320. The molecule has 1 heterocycles. The molecule has 0 aliphatic heterocycles. The highest BCUT2D eigenvalue weighted by molar-refractivity contribution is 5.88. The van der Waals surface area contributed by atoms with Gasteiger partial charge < -0.3 is 29.6 Å². The number of carboxylic acids is 1. The van der Waals surface area contributed by atoms with Crippen LogP contribution in [0.5, 0.6) is 11.5 Å². The maximum absolute atomic E-state index is 13.0. The first-order chi connectivity index (χ1) is 17.1. The summed E-state index contributed by atoms with van der Waals surface area (Å²) >= 11 is 0. The van der Waals surface area contributed by atoms with E-state index in [1.807, 2.05) is 0 Å². The average Bonchev–Trinajstić information content (AvgIpc) is 2.76. The molecule has 0 saturated carbocycles. The molecule has 0 aliphatic carbocycles. The molecule has 1 aromatic heterocycles. The van der Waals surface area contributed by atoms with E-state index in [2.05, 4.69) is 9.72 Å². The van der Waals surface area contributed by atoms with Crippen molar-refractivity contribution in [2.75, 3.05) is 6.54 Å². The summed E-state index contributed by atoms with van der Waals surface area (Å²) in [6.45, 7) is 4.49. The van der Waals surface area contributed by atoms with Gasteiger partial charge in [-0.2, -0.15) is 0 Å². The summed E-state index contributed by atoms with van der Waals surface area (Å²) in [6.07, 6.45) is -5.72. The molecule has 0 fully saturated rings. The number of alkyl halides is 3. The molecule has 3 aromatic rings. The van der Waals surface area contributed by atoms with Gasteiger partial charge >= 0.3 is 18.4 Å². The number of aromatic nitrogens is 1. The van der Waals surface area contributed by atoms with Crippen LogP contribution in [0.2, 0.25) is 0 Å². The standard InChI is InChI=1S/C25H25F3N2O7/c1-24(2,3)37-23(35)30(11-10-14-6-8-18(31)21-17(14)7-9-20(32)29-21)13-16-5-4-15(22(33)34)12-19(16)36-25(26,27)28/h4-9,12,31H,10-11,13H2,1-3H3,(H,29,32)(H,33,34). The second-order valence-corrected chi connectivity index (χ2v) is 9.18. The van der Waals surface area contributed by atoms with Crippen molar-refractivity contribution in [3.63, 3.8) is 0 Å². The van der Waals surface area contributed by atoms with E-state index in [1.165, 1.54) is 18.2 Å². The largest absolute Gasteiger partial charge is 0.573 e.